The van der Waals surface area contributed by atoms with E-state index >= 15 is 0 Å². The van der Waals surface area contributed by atoms with Crippen LogP contribution in [-0.2, 0) is 14.8 Å². The zero-order chi connectivity index (χ0) is 12.6. The van der Waals surface area contributed by atoms with Gasteiger partial charge in [-0.1, -0.05) is 0 Å². The zero-order valence-corrected chi connectivity index (χ0v) is 11.0. The van der Waals surface area contributed by atoms with E-state index in [9.17, 15) is 8.42 Å². The summed E-state index contributed by atoms with van der Waals surface area (Å²) in [6.07, 6.45) is 5.32. The molecule has 1 unspecified atom stereocenters. The molecule has 0 aromatic rings. The highest BCUT2D eigenvalue weighted by molar-refractivity contribution is 7.89. The Balaban J connectivity index is 2.11. The molecule has 0 bridgehead atoms. The number of hydrogen-bond donors (Lipinski definition) is 2. The van der Waals surface area contributed by atoms with E-state index in [1.807, 2.05) is 0 Å². The van der Waals surface area contributed by atoms with Gasteiger partial charge in [-0.3, -0.25) is 0 Å². The van der Waals surface area contributed by atoms with Crippen molar-refractivity contribution in [1.29, 1.82) is 0 Å². The third-order valence-corrected chi connectivity index (χ3v) is 4.35. The minimum Gasteiger partial charge on any atom is -0.396 e. The normalized spacial score (nSPS) is 21.6. The van der Waals surface area contributed by atoms with Gasteiger partial charge in [0.1, 0.15) is 0 Å². The van der Waals surface area contributed by atoms with Crippen molar-refractivity contribution in [3.8, 4) is 0 Å². The molecule has 1 atom stereocenters. The smallest absolute Gasteiger partial charge is 0.211 e. The van der Waals surface area contributed by atoms with E-state index < -0.39 is 10.0 Å². The van der Waals surface area contributed by atoms with Crippen LogP contribution in [0.5, 0.6) is 0 Å². The van der Waals surface area contributed by atoms with Gasteiger partial charge in [-0.05, 0) is 38.5 Å². The van der Waals surface area contributed by atoms with Crippen LogP contribution in [0, 0.1) is 0 Å². The molecule has 1 aliphatic heterocycles. The fraction of sp³-hybridized carbons (Fsp3) is 1.00. The number of nitrogens with one attached hydrogen (secondary N) is 1. The molecular formula is C11H23NO4S. The number of hydrogen-bond acceptors (Lipinski definition) is 4. The summed E-state index contributed by atoms with van der Waals surface area (Å²) in [5, 5.41) is 8.58. The fourth-order valence-electron chi connectivity index (χ4n) is 1.89. The maximum Gasteiger partial charge on any atom is 0.211 e. The molecule has 0 amide bonds. The highest BCUT2D eigenvalue weighted by Gasteiger charge is 2.15. The number of rotatable bonds is 8. The second kappa shape index (κ2) is 8.02. The van der Waals surface area contributed by atoms with E-state index in [-0.39, 0.29) is 18.5 Å². The second-order valence-corrected chi connectivity index (χ2v) is 6.35. The van der Waals surface area contributed by atoms with Crippen LogP contribution in [0.4, 0.5) is 0 Å². The average Bonchev–Trinajstić information content (AvgIpc) is 2.30. The third-order valence-electron chi connectivity index (χ3n) is 2.88. The maximum absolute atomic E-state index is 11.5. The van der Waals surface area contributed by atoms with Gasteiger partial charge in [0.15, 0.2) is 0 Å². The number of aliphatic hydroxyl groups is 1. The van der Waals surface area contributed by atoms with E-state index in [1.54, 1.807) is 0 Å². The van der Waals surface area contributed by atoms with Crippen LogP contribution < -0.4 is 4.72 Å². The molecule has 6 heteroatoms. The molecule has 102 valence electrons. The van der Waals surface area contributed by atoms with Crippen LogP contribution in [0.25, 0.3) is 0 Å². The lowest BCUT2D eigenvalue weighted by Gasteiger charge is -2.22. The van der Waals surface area contributed by atoms with E-state index in [2.05, 4.69) is 4.72 Å². The molecule has 0 aliphatic carbocycles. The molecule has 5 nitrogen and oxygen atoms in total. The largest absolute Gasteiger partial charge is 0.396 e. The first kappa shape index (κ1) is 14.9. The third kappa shape index (κ3) is 6.98. The second-order valence-electron chi connectivity index (χ2n) is 4.42. The number of aliphatic hydroxyl groups excluding tert-OH is 1. The summed E-state index contributed by atoms with van der Waals surface area (Å²) in [5.41, 5.74) is 0. The van der Waals surface area contributed by atoms with Crippen LogP contribution in [0.1, 0.15) is 38.5 Å². The van der Waals surface area contributed by atoms with Crippen LogP contribution in [0.3, 0.4) is 0 Å². The molecular weight excluding hydrogens is 242 g/mol. The average molecular weight is 265 g/mol. The van der Waals surface area contributed by atoms with Crippen molar-refractivity contribution in [3.05, 3.63) is 0 Å². The van der Waals surface area contributed by atoms with Gasteiger partial charge in [-0.25, -0.2) is 13.1 Å². The highest BCUT2D eigenvalue weighted by atomic mass is 32.2. The van der Waals surface area contributed by atoms with Crippen LogP contribution in [0.15, 0.2) is 0 Å². The minimum absolute atomic E-state index is 0.0471. The van der Waals surface area contributed by atoms with Crippen LogP contribution in [0.2, 0.25) is 0 Å². The monoisotopic (exact) mass is 265 g/mol. The van der Waals surface area contributed by atoms with E-state index in [0.29, 0.717) is 19.4 Å². The predicted octanol–water partition coefficient (Wildman–Crippen LogP) is 0.637. The van der Waals surface area contributed by atoms with Crippen molar-refractivity contribution >= 4 is 10.0 Å². The minimum atomic E-state index is -3.17. The summed E-state index contributed by atoms with van der Waals surface area (Å²) in [6, 6.07) is 0. The van der Waals surface area contributed by atoms with Gasteiger partial charge < -0.3 is 9.84 Å². The summed E-state index contributed by atoms with van der Waals surface area (Å²) >= 11 is 0. The van der Waals surface area contributed by atoms with Crippen molar-refractivity contribution < 1.29 is 18.3 Å². The molecule has 0 aromatic carbocycles. The first-order chi connectivity index (χ1) is 8.14. The topological polar surface area (TPSA) is 75.6 Å². The molecule has 1 aliphatic rings. The summed E-state index contributed by atoms with van der Waals surface area (Å²) in [5.74, 6) is 0.0963. The Kier molecular flexibility index (Phi) is 7.03. The van der Waals surface area contributed by atoms with Crippen molar-refractivity contribution in [2.45, 2.75) is 44.6 Å². The Morgan fingerprint density at radius 2 is 2.12 bits per heavy atom. The predicted molar refractivity (Wildman–Crippen MR) is 66.3 cm³/mol. The molecule has 1 rings (SSSR count). The van der Waals surface area contributed by atoms with Crippen LogP contribution >= 0.6 is 0 Å². The highest BCUT2D eigenvalue weighted by Crippen LogP contribution is 2.14. The van der Waals surface area contributed by atoms with E-state index in [4.69, 9.17) is 9.84 Å². The van der Waals surface area contributed by atoms with Crippen molar-refractivity contribution in [3.63, 3.8) is 0 Å². The van der Waals surface area contributed by atoms with Gasteiger partial charge in [0.05, 0.1) is 11.9 Å². The quantitative estimate of drug-likeness (QED) is 0.631. The Bertz CT molecular complexity index is 286. The standard InChI is InChI=1S/C11H23NO4S/c13-8-2-4-10-17(14,15)12-7-6-11-5-1-3-9-16-11/h11-13H,1-10H2. The van der Waals surface area contributed by atoms with Crippen molar-refractivity contribution in [2.24, 2.45) is 0 Å². The van der Waals surface area contributed by atoms with Gasteiger partial charge in [0, 0.05) is 19.8 Å². The molecule has 0 saturated carbocycles. The molecule has 0 aromatic heterocycles. The van der Waals surface area contributed by atoms with Gasteiger partial charge in [-0.15, -0.1) is 0 Å². The zero-order valence-electron chi connectivity index (χ0n) is 10.2. The maximum atomic E-state index is 11.5. The summed E-state index contributed by atoms with van der Waals surface area (Å²) in [6.45, 7) is 1.30. The molecule has 17 heavy (non-hydrogen) atoms. The molecule has 1 fully saturated rings. The number of sulfonamides is 1. The van der Waals surface area contributed by atoms with Crippen molar-refractivity contribution in [2.75, 3.05) is 25.5 Å². The van der Waals surface area contributed by atoms with Gasteiger partial charge in [0.25, 0.3) is 0 Å². The first-order valence-electron chi connectivity index (χ1n) is 6.34. The Labute approximate surface area is 104 Å². The number of ether oxygens (including phenoxy) is 1. The van der Waals surface area contributed by atoms with Gasteiger partial charge in [0.2, 0.25) is 10.0 Å². The SMILES string of the molecule is O=S(=O)(CCCCO)NCCC1CCCCO1. The Morgan fingerprint density at radius 1 is 1.29 bits per heavy atom. The molecule has 0 spiro atoms. The van der Waals surface area contributed by atoms with Gasteiger partial charge in [-0.2, -0.15) is 0 Å². The summed E-state index contributed by atoms with van der Waals surface area (Å²) in [7, 11) is -3.17. The van der Waals surface area contributed by atoms with Crippen LogP contribution in [-0.4, -0.2) is 45.1 Å². The first-order valence-corrected chi connectivity index (χ1v) is 7.99. The Morgan fingerprint density at radius 3 is 2.76 bits per heavy atom. The Hall–Kier alpha value is -0.170. The summed E-state index contributed by atoms with van der Waals surface area (Å²) < 4.78 is 31.1. The fourth-order valence-corrected chi connectivity index (χ4v) is 3.04. The van der Waals surface area contributed by atoms with Crippen molar-refractivity contribution in [1.82, 2.24) is 4.72 Å². The molecule has 2 N–H and O–H groups in total. The lowest BCUT2D eigenvalue weighted by Crippen LogP contribution is -2.31. The molecule has 1 heterocycles. The lowest BCUT2D eigenvalue weighted by molar-refractivity contribution is 0.0123. The van der Waals surface area contributed by atoms with E-state index in [0.717, 1.165) is 25.9 Å². The molecule has 0 radical (unpaired) electrons. The summed E-state index contributed by atoms with van der Waals surface area (Å²) in [4.78, 5) is 0. The molecule has 1 saturated heterocycles. The lowest BCUT2D eigenvalue weighted by atomic mass is 10.1. The van der Waals surface area contributed by atoms with Gasteiger partial charge >= 0.3 is 0 Å². The number of unbranched alkanes of at least 4 members (excludes halogenated alkanes) is 1. The van der Waals surface area contributed by atoms with E-state index in [1.165, 1.54) is 6.42 Å².